The first-order valence-corrected chi connectivity index (χ1v) is 3.57. The summed E-state index contributed by atoms with van der Waals surface area (Å²) in [6.07, 6.45) is 3.14. The number of allylic oxidation sites excluding steroid dienone is 1. The first kappa shape index (κ1) is 9.21. The minimum atomic E-state index is 0.197. The van der Waals surface area contributed by atoms with E-state index in [9.17, 15) is 4.79 Å². The molecule has 0 spiro atoms. The monoisotopic (exact) mass is 141 g/mol. The van der Waals surface area contributed by atoms with Gasteiger partial charge < -0.3 is 4.90 Å². The van der Waals surface area contributed by atoms with Crippen LogP contribution in [0.15, 0.2) is 12.7 Å². The van der Waals surface area contributed by atoms with E-state index in [4.69, 9.17) is 0 Å². The van der Waals surface area contributed by atoms with Gasteiger partial charge in [-0.25, -0.2) is 0 Å². The second-order valence-corrected chi connectivity index (χ2v) is 2.24. The van der Waals surface area contributed by atoms with E-state index in [1.807, 2.05) is 14.0 Å². The SMILES string of the molecule is C=CCCC(=O)N(C)CC. The van der Waals surface area contributed by atoms with Crippen molar-refractivity contribution in [3.63, 3.8) is 0 Å². The van der Waals surface area contributed by atoms with Crippen molar-refractivity contribution in [2.75, 3.05) is 13.6 Å². The zero-order chi connectivity index (χ0) is 7.98. The maximum Gasteiger partial charge on any atom is 0.222 e. The van der Waals surface area contributed by atoms with Gasteiger partial charge in [-0.3, -0.25) is 4.79 Å². The van der Waals surface area contributed by atoms with E-state index in [0.29, 0.717) is 6.42 Å². The number of hydrogen-bond acceptors (Lipinski definition) is 1. The van der Waals surface area contributed by atoms with Crippen LogP contribution in [0.3, 0.4) is 0 Å². The highest BCUT2D eigenvalue weighted by molar-refractivity contribution is 5.75. The number of hydrogen-bond donors (Lipinski definition) is 0. The van der Waals surface area contributed by atoms with Gasteiger partial charge in [0.2, 0.25) is 5.91 Å². The lowest BCUT2D eigenvalue weighted by Gasteiger charge is -2.12. The normalized spacial score (nSPS) is 9.00. The smallest absolute Gasteiger partial charge is 0.222 e. The Kier molecular flexibility index (Phi) is 4.63. The fourth-order valence-electron chi connectivity index (χ4n) is 0.593. The molecule has 0 aliphatic rings. The Morgan fingerprint density at radius 2 is 2.30 bits per heavy atom. The summed E-state index contributed by atoms with van der Waals surface area (Å²) in [4.78, 5) is 12.7. The predicted octanol–water partition coefficient (Wildman–Crippen LogP) is 1.43. The molecule has 0 bridgehead atoms. The third-order valence-electron chi connectivity index (χ3n) is 1.46. The van der Waals surface area contributed by atoms with Crippen LogP contribution in [-0.4, -0.2) is 24.4 Å². The van der Waals surface area contributed by atoms with Crippen LogP contribution in [0.5, 0.6) is 0 Å². The van der Waals surface area contributed by atoms with Crippen molar-refractivity contribution >= 4 is 5.91 Å². The first-order chi connectivity index (χ1) is 4.72. The van der Waals surface area contributed by atoms with Crippen molar-refractivity contribution in [1.82, 2.24) is 4.90 Å². The number of nitrogens with zero attached hydrogens (tertiary/aromatic N) is 1. The summed E-state index contributed by atoms with van der Waals surface area (Å²) in [5.74, 6) is 0.197. The number of amides is 1. The van der Waals surface area contributed by atoms with Crippen molar-refractivity contribution in [2.45, 2.75) is 19.8 Å². The van der Waals surface area contributed by atoms with Gasteiger partial charge >= 0.3 is 0 Å². The molecular formula is C8H15NO. The molecule has 1 amide bonds. The molecule has 0 N–H and O–H groups in total. The summed E-state index contributed by atoms with van der Waals surface area (Å²) in [5, 5.41) is 0. The molecule has 0 aliphatic heterocycles. The Morgan fingerprint density at radius 1 is 1.70 bits per heavy atom. The van der Waals surface area contributed by atoms with E-state index >= 15 is 0 Å². The number of carbonyl (C=O) groups is 1. The van der Waals surface area contributed by atoms with E-state index in [1.54, 1.807) is 11.0 Å². The second-order valence-electron chi connectivity index (χ2n) is 2.24. The third-order valence-corrected chi connectivity index (χ3v) is 1.46. The quantitative estimate of drug-likeness (QED) is 0.542. The summed E-state index contributed by atoms with van der Waals surface area (Å²) in [5.41, 5.74) is 0. The fraction of sp³-hybridized carbons (Fsp3) is 0.625. The highest BCUT2D eigenvalue weighted by Crippen LogP contribution is 1.94. The summed E-state index contributed by atoms with van der Waals surface area (Å²) in [6.45, 7) is 6.30. The Balaban J connectivity index is 3.51. The molecule has 0 aliphatic carbocycles. The van der Waals surface area contributed by atoms with Crippen LogP contribution in [-0.2, 0) is 4.79 Å². The van der Waals surface area contributed by atoms with Gasteiger partial charge in [0.25, 0.3) is 0 Å². The van der Waals surface area contributed by atoms with Crippen molar-refractivity contribution in [3.8, 4) is 0 Å². The summed E-state index contributed by atoms with van der Waals surface area (Å²) in [6, 6.07) is 0. The van der Waals surface area contributed by atoms with Gasteiger partial charge in [-0.1, -0.05) is 6.08 Å². The first-order valence-electron chi connectivity index (χ1n) is 3.57. The average Bonchev–Trinajstić information content (AvgIpc) is 1.98. The van der Waals surface area contributed by atoms with E-state index in [1.165, 1.54) is 0 Å². The van der Waals surface area contributed by atoms with Crippen molar-refractivity contribution in [2.24, 2.45) is 0 Å². The van der Waals surface area contributed by atoms with Crippen LogP contribution in [0, 0.1) is 0 Å². The zero-order valence-corrected chi connectivity index (χ0v) is 6.76. The van der Waals surface area contributed by atoms with E-state index in [-0.39, 0.29) is 5.91 Å². The minimum Gasteiger partial charge on any atom is -0.346 e. The van der Waals surface area contributed by atoms with Gasteiger partial charge in [-0.2, -0.15) is 0 Å². The highest BCUT2D eigenvalue weighted by Gasteiger charge is 2.02. The molecule has 58 valence electrons. The molecular weight excluding hydrogens is 126 g/mol. The number of rotatable bonds is 4. The lowest BCUT2D eigenvalue weighted by molar-refractivity contribution is -0.129. The molecule has 0 unspecified atom stereocenters. The van der Waals surface area contributed by atoms with Gasteiger partial charge in [0.15, 0.2) is 0 Å². The van der Waals surface area contributed by atoms with E-state index in [0.717, 1.165) is 13.0 Å². The molecule has 0 rings (SSSR count). The molecule has 0 aromatic rings. The summed E-state index contributed by atoms with van der Waals surface area (Å²) < 4.78 is 0. The van der Waals surface area contributed by atoms with Crippen LogP contribution in [0.2, 0.25) is 0 Å². The molecule has 0 radical (unpaired) electrons. The molecule has 0 saturated heterocycles. The molecule has 2 nitrogen and oxygen atoms in total. The summed E-state index contributed by atoms with van der Waals surface area (Å²) >= 11 is 0. The van der Waals surface area contributed by atoms with Gasteiger partial charge in [0.05, 0.1) is 0 Å². The molecule has 2 heteroatoms. The van der Waals surface area contributed by atoms with Crippen molar-refractivity contribution < 1.29 is 4.79 Å². The van der Waals surface area contributed by atoms with Crippen LogP contribution >= 0.6 is 0 Å². The van der Waals surface area contributed by atoms with Crippen LogP contribution in [0.4, 0.5) is 0 Å². The van der Waals surface area contributed by atoms with Gasteiger partial charge in [-0.15, -0.1) is 6.58 Å². The molecule has 0 saturated carbocycles. The molecule has 10 heavy (non-hydrogen) atoms. The Bertz CT molecular complexity index is 120. The second kappa shape index (κ2) is 5.03. The van der Waals surface area contributed by atoms with Gasteiger partial charge in [-0.05, 0) is 13.3 Å². The van der Waals surface area contributed by atoms with Gasteiger partial charge in [0.1, 0.15) is 0 Å². The topological polar surface area (TPSA) is 20.3 Å². The Hall–Kier alpha value is -0.790. The maximum absolute atomic E-state index is 11.0. The molecule has 0 aromatic heterocycles. The van der Waals surface area contributed by atoms with Gasteiger partial charge in [0, 0.05) is 20.0 Å². The highest BCUT2D eigenvalue weighted by atomic mass is 16.2. The molecule has 0 aromatic carbocycles. The third kappa shape index (κ3) is 3.28. The van der Waals surface area contributed by atoms with Crippen molar-refractivity contribution in [1.29, 1.82) is 0 Å². The molecule has 0 fully saturated rings. The van der Waals surface area contributed by atoms with E-state index < -0.39 is 0 Å². The summed E-state index contributed by atoms with van der Waals surface area (Å²) in [7, 11) is 1.81. The maximum atomic E-state index is 11.0. The largest absolute Gasteiger partial charge is 0.346 e. The Labute approximate surface area is 62.5 Å². The van der Waals surface area contributed by atoms with Crippen molar-refractivity contribution in [3.05, 3.63) is 12.7 Å². The molecule has 0 atom stereocenters. The number of carbonyl (C=O) groups excluding carboxylic acids is 1. The lowest BCUT2D eigenvalue weighted by atomic mass is 10.3. The Morgan fingerprint density at radius 3 is 2.70 bits per heavy atom. The average molecular weight is 141 g/mol. The standard InChI is InChI=1S/C8H15NO/c1-4-6-7-8(10)9(3)5-2/h4H,1,5-7H2,2-3H3. The minimum absolute atomic E-state index is 0.197. The zero-order valence-electron chi connectivity index (χ0n) is 6.76. The van der Waals surface area contributed by atoms with E-state index in [2.05, 4.69) is 6.58 Å². The predicted molar refractivity (Wildman–Crippen MR) is 42.7 cm³/mol. The fourth-order valence-corrected chi connectivity index (χ4v) is 0.593. The van der Waals surface area contributed by atoms with Crippen LogP contribution in [0.1, 0.15) is 19.8 Å². The van der Waals surface area contributed by atoms with Crippen LogP contribution in [0.25, 0.3) is 0 Å². The lowest BCUT2D eigenvalue weighted by Crippen LogP contribution is -2.25. The van der Waals surface area contributed by atoms with Crippen LogP contribution < -0.4 is 0 Å². The molecule has 0 heterocycles.